The lowest BCUT2D eigenvalue weighted by atomic mass is 10.4. The van der Waals surface area contributed by atoms with Crippen molar-refractivity contribution in [3.8, 4) is 0 Å². The van der Waals surface area contributed by atoms with E-state index in [1.54, 1.807) is 14.1 Å². The zero-order valence-electron chi connectivity index (χ0n) is 12.9. The van der Waals surface area contributed by atoms with Gasteiger partial charge in [0.05, 0.1) is 0 Å². The van der Waals surface area contributed by atoms with E-state index in [2.05, 4.69) is 30.5 Å². The van der Waals surface area contributed by atoms with Crippen LogP contribution in [0.15, 0.2) is 0 Å². The Bertz CT molecular complexity index is 487. The molecule has 0 aromatic carbocycles. The van der Waals surface area contributed by atoms with Crippen molar-refractivity contribution in [2.75, 3.05) is 55.9 Å². The molecule has 0 atom stereocenters. The van der Waals surface area contributed by atoms with Crippen molar-refractivity contribution in [3.05, 3.63) is 0 Å². The van der Waals surface area contributed by atoms with Gasteiger partial charge in [-0.25, -0.2) is 0 Å². The highest BCUT2D eigenvalue weighted by atomic mass is 16.1. The van der Waals surface area contributed by atoms with Gasteiger partial charge in [-0.15, -0.1) is 0 Å². The first-order chi connectivity index (χ1) is 10.1. The molecule has 1 aliphatic heterocycles. The molecule has 21 heavy (non-hydrogen) atoms. The Morgan fingerprint density at radius 2 is 1.95 bits per heavy atom. The van der Waals surface area contributed by atoms with E-state index in [9.17, 15) is 4.79 Å². The van der Waals surface area contributed by atoms with Crippen LogP contribution in [0.25, 0.3) is 0 Å². The van der Waals surface area contributed by atoms with Crippen molar-refractivity contribution >= 4 is 23.8 Å². The topological polar surface area (TPSA) is 86.3 Å². The molecule has 0 radical (unpaired) electrons. The molecule has 2 heterocycles. The number of amides is 1. The molecule has 0 saturated carbocycles. The highest BCUT2D eigenvalue weighted by molar-refractivity contribution is 5.76. The maximum Gasteiger partial charge on any atom is 0.231 e. The van der Waals surface area contributed by atoms with Crippen LogP contribution in [0.5, 0.6) is 0 Å². The lowest BCUT2D eigenvalue weighted by Crippen LogP contribution is -2.29. The third-order valence-electron chi connectivity index (χ3n) is 3.52. The molecule has 1 saturated heterocycles. The number of anilines is 3. The molecule has 1 amide bonds. The smallest absolute Gasteiger partial charge is 0.231 e. The molecular weight excluding hydrogens is 270 g/mol. The fourth-order valence-corrected chi connectivity index (χ4v) is 2.19. The second-order valence-corrected chi connectivity index (χ2v) is 5.05. The van der Waals surface area contributed by atoms with Gasteiger partial charge in [-0.2, -0.15) is 15.0 Å². The number of hydrogen-bond donors (Lipinski definition) is 2. The number of nitrogens with one attached hydrogen (secondary N) is 2. The summed E-state index contributed by atoms with van der Waals surface area (Å²) in [7, 11) is 5.30. The number of hydrogen-bond acceptors (Lipinski definition) is 7. The van der Waals surface area contributed by atoms with Crippen LogP contribution < -0.4 is 20.4 Å². The van der Waals surface area contributed by atoms with Gasteiger partial charge >= 0.3 is 0 Å². The van der Waals surface area contributed by atoms with Gasteiger partial charge < -0.3 is 20.4 Å². The normalized spacial score (nSPS) is 14.1. The molecule has 1 aliphatic rings. The van der Waals surface area contributed by atoms with E-state index in [0.717, 1.165) is 13.1 Å². The predicted molar refractivity (Wildman–Crippen MR) is 82.8 cm³/mol. The highest BCUT2D eigenvalue weighted by Gasteiger charge is 2.18. The minimum absolute atomic E-state index is 0.00418. The van der Waals surface area contributed by atoms with Gasteiger partial charge in [0.2, 0.25) is 23.8 Å². The van der Waals surface area contributed by atoms with Crippen LogP contribution in [0.2, 0.25) is 0 Å². The van der Waals surface area contributed by atoms with Crippen molar-refractivity contribution in [2.24, 2.45) is 0 Å². The molecule has 2 rings (SSSR count). The van der Waals surface area contributed by atoms with Crippen molar-refractivity contribution in [1.82, 2.24) is 20.3 Å². The van der Waals surface area contributed by atoms with Crippen LogP contribution in [0.4, 0.5) is 17.8 Å². The fourth-order valence-electron chi connectivity index (χ4n) is 2.19. The highest BCUT2D eigenvalue weighted by Crippen LogP contribution is 2.19. The summed E-state index contributed by atoms with van der Waals surface area (Å²) in [4.78, 5) is 28.7. The second kappa shape index (κ2) is 7.05. The summed E-state index contributed by atoms with van der Waals surface area (Å²) >= 11 is 0. The molecule has 8 heteroatoms. The van der Waals surface area contributed by atoms with Gasteiger partial charge in [-0.05, 0) is 12.8 Å². The van der Waals surface area contributed by atoms with Crippen molar-refractivity contribution < 1.29 is 4.79 Å². The van der Waals surface area contributed by atoms with Crippen molar-refractivity contribution in [3.63, 3.8) is 0 Å². The molecule has 0 aliphatic carbocycles. The second-order valence-electron chi connectivity index (χ2n) is 5.05. The van der Waals surface area contributed by atoms with Crippen LogP contribution in [-0.4, -0.2) is 61.6 Å². The Hall–Kier alpha value is -2.12. The number of nitrogens with zero attached hydrogens (tertiary/aromatic N) is 5. The van der Waals surface area contributed by atoms with Crippen molar-refractivity contribution in [2.45, 2.75) is 19.3 Å². The minimum atomic E-state index is 0.00418. The summed E-state index contributed by atoms with van der Waals surface area (Å²) in [6.45, 7) is 2.52. The average Bonchev–Trinajstić information content (AvgIpc) is 3.06. The summed E-state index contributed by atoms with van der Waals surface area (Å²) in [6, 6.07) is 0. The van der Waals surface area contributed by atoms with Crippen LogP contribution in [0, 0.1) is 0 Å². The van der Waals surface area contributed by atoms with E-state index in [-0.39, 0.29) is 5.91 Å². The molecule has 1 fully saturated rings. The van der Waals surface area contributed by atoms with Crippen LogP contribution in [0.1, 0.15) is 19.3 Å². The summed E-state index contributed by atoms with van der Waals surface area (Å²) in [6.07, 6.45) is 2.75. The quantitative estimate of drug-likeness (QED) is 0.768. The minimum Gasteiger partial charge on any atom is -0.359 e. The SMILES string of the molecule is CNC(=O)CCN(C)c1nc(NC)nc(N2CCCC2)n1. The zero-order chi connectivity index (χ0) is 15.2. The first-order valence-corrected chi connectivity index (χ1v) is 7.24. The van der Waals surface area contributed by atoms with Crippen LogP contribution in [0.3, 0.4) is 0 Å². The van der Waals surface area contributed by atoms with Gasteiger partial charge in [0, 0.05) is 47.2 Å². The van der Waals surface area contributed by atoms with E-state index in [1.807, 2.05) is 11.9 Å². The van der Waals surface area contributed by atoms with Gasteiger partial charge in [0.25, 0.3) is 0 Å². The molecule has 0 bridgehead atoms. The molecule has 8 nitrogen and oxygen atoms in total. The van der Waals surface area contributed by atoms with Gasteiger partial charge in [-0.3, -0.25) is 4.79 Å². The van der Waals surface area contributed by atoms with Gasteiger partial charge in [0.15, 0.2) is 0 Å². The Kier molecular flexibility index (Phi) is 5.13. The molecule has 0 spiro atoms. The largest absolute Gasteiger partial charge is 0.359 e. The van der Waals surface area contributed by atoms with E-state index in [0.29, 0.717) is 30.8 Å². The number of carbonyl (C=O) groups excluding carboxylic acids is 1. The molecular formula is C13H23N7O. The summed E-state index contributed by atoms with van der Waals surface area (Å²) in [5.41, 5.74) is 0. The van der Waals surface area contributed by atoms with Crippen molar-refractivity contribution in [1.29, 1.82) is 0 Å². The molecule has 0 unspecified atom stereocenters. The van der Waals surface area contributed by atoms with E-state index < -0.39 is 0 Å². The molecule has 116 valence electrons. The third kappa shape index (κ3) is 3.93. The lowest BCUT2D eigenvalue weighted by molar-refractivity contribution is -0.120. The number of carbonyl (C=O) groups is 1. The maximum absolute atomic E-state index is 11.3. The maximum atomic E-state index is 11.3. The molecule has 2 N–H and O–H groups in total. The fraction of sp³-hybridized carbons (Fsp3) is 0.692. The first-order valence-electron chi connectivity index (χ1n) is 7.24. The predicted octanol–water partition coefficient (Wildman–Crippen LogP) is 0.0858. The van der Waals surface area contributed by atoms with Gasteiger partial charge in [-0.1, -0.05) is 0 Å². The zero-order valence-corrected chi connectivity index (χ0v) is 12.9. The first kappa shape index (κ1) is 15.3. The Morgan fingerprint density at radius 1 is 1.24 bits per heavy atom. The monoisotopic (exact) mass is 293 g/mol. The standard InChI is InChI=1S/C13H23N7O/c1-14-10(21)6-9-19(3)12-16-11(15-2)17-13(18-12)20-7-4-5-8-20/h4-9H2,1-3H3,(H,14,21)(H,15,16,17,18). The third-order valence-corrected chi connectivity index (χ3v) is 3.52. The molecule has 1 aromatic rings. The van der Waals surface area contributed by atoms with E-state index in [1.165, 1.54) is 12.8 Å². The summed E-state index contributed by atoms with van der Waals surface area (Å²) in [5.74, 6) is 1.84. The Labute approximate surface area is 125 Å². The van der Waals surface area contributed by atoms with Crippen LogP contribution in [-0.2, 0) is 4.79 Å². The van der Waals surface area contributed by atoms with E-state index in [4.69, 9.17) is 0 Å². The summed E-state index contributed by atoms with van der Waals surface area (Å²) < 4.78 is 0. The number of aromatic nitrogens is 3. The van der Waals surface area contributed by atoms with Gasteiger partial charge in [0.1, 0.15) is 0 Å². The Morgan fingerprint density at radius 3 is 2.57 bits per heavy atom. The number of rotatable bonds is 6. The van der Waals surface area contributed by atoms with Crippen LogP contribution >= 0.6 is 0 Å². The summed E-state index contributed by atoms with van der Waals surface area (Å²) in [5, 5.41) is 5.58. The van der Waals surface area contributed by atoms with E-state index >= 15 is 0 Å². The lowest BCUT2D eigenvalue weighted by Gasteiger charge is -2.20. The average molecular weight is 293 g/mol. The Balaban J connectivity index is 2.13. The molecule has 1 aromatic heterocycles.